The zero-order valence-corrected chi connectivity index (χ0v) is 16.6. The van der Waals surface area contributed by atoms with Gasteiger partial charge in [-0.25, -0.2) is 0 Å². The molecule has 1 amide bonds. The van der Waals surface area contributed by atoms with E-state index in [2.05, 4.69) is 46.8 Å². The van der Waals surface area contributed by atoms with Crippen molar-refractivity contribution in [1.82, 2.24) is 15.5 Å². The van der Waals surface area contributed by atoms with E-state index in [-0.39, 0.29) is 17.2 Å². The molecule has 2 unspecified atom stereocenters. The quantitative estimate of drug-likeness (QED) is 0.596. The van der Waals surface area contributed by atoms with Crippen molar-refractivity contribution in [2.45, 2.75) is 55.7 Å². The molecule has 0 bridgehead atoms. The van der Waals surface area contributed by atoms with E-state index in [0.717, 1.165) is 40.8 Å². The zero-order chi connectivity index (χ0) is 18.1. The second kappa shape index (κ2) is 10.4. The van der Waals surface area contributed by atoms with Crippen LogP contribution in [0.5, 0.6) is 0 Å². The smallest absolute Gasteiger partial charge is 0.233 e. The average molecular weight is 379 g/mol. The van der Waals surface area contributed by atoms with Crippen LogP contribution in [0, 0.1) is 0 Å². The van der Waals surface area contributed by atoms with Crippen molar-refractivity contribution in [3.63, 3.8) is 0 Å². The third kappa shape index (κ3) is 6.32. The number of aromatic nitrogens is 2. The molecule has 1 heterocycles. The molecular weight excluding hydrogens is 352 g/mol. The first-order valence-corrected chi connectivity index (χ1v) is 10.4. The molecule has 2 aromatic rings. The normalized spacial score (nSPS) is 13.2. The molecule has 0 fully saturated rings. The van der Waals surface area contributed by atoms with Gasteiger partial charge in [0.15, 0.2) is 4.34 Å². The number of hydrogen-bond acceptors (Lipinski definition) is 6. The Hall–Kier alpha value is -1.60. The summed E-state index contributed by atoms with van der Waals surface area (Å²) in [5, 5.41) is 15.3. The number of rotatable bonds is 10. The van der Waals surface area contributed by atoms with Gasteiger partial charge in [-0.05, 0) is 25.3 Å². The molecule has 0 aliphatic rings. The van der Waals surface area contributed by atoms with E-state index in [4.69, 9.17) is 0 Å². The van der Waals surface area contributed by atoms with Crippen molar-refractivity contribution >= 4 is 34.1 Å². The van der Waals surface area contributed by atoms with Gasteiger partial charge in [-0.15, -0.1) is 10.2 Å². The molecule has 0 radical (unpaired) electrons. The van der Waals surface area contributed by atoms with Crippen LogP contribution in [0.4, 0.5) is 5.13 Å². The Morgan fingerprint density at radius 2 is 1.96 bits per heavy atom. The van der Waals surface area contributed by atoms with Crippen molar-refractivity contribution < 1.29 is 4.79 Å². The SMILES string of the molecule is CCCNc1nnc(SC(C)C(=O)NC(CCC)c2ccccc2)s1. The van der Waals surface area contributed by atoms with Gasteiger partial charge in [-0.2, -0.15) is 0 Å². The Labute approximate surface area is 158 Å². The topological polar surface area (TPSA) is 66.9 Å². The van der Waals surface area contributed by atoms with Crippen molar-refractivity contribution in [1.29, 1.82) is 0 Å². The minimum Gasteiger partial charge on any atom is -0.360 e. The summed E-state index contributed by atoms with van der Waals surface area (Å²) in [7, 11) is 0. The van der Waals surface area contributed by atoms with Crippen LogP contribution >= 0.6 is 23.1 Å². The molecule has 2 rings (SSSR count). The van der Waals surface area contributed by atoms with E-state index in [9.17, 15) is 4.79 Å². The molecule has 1 aromatic carbocycles. The Morgan fingerprint density at radius 1 is 1.20 bits per heavy atom. The number of benzene rings is 1. The number of carbonyl (C=O) groups excluding carboxylic acids is 1. The lowest BCUT2D eigenvalue weighted by Gasteiger charge is -2.20. The number of hydrogen-bond donors (Lipinski definition) is 2. The van der Waals surface area contributed by atoms with Crippen LogP contribution in [0.2, 0.25) is 0 Å². The molecule has 0 saturated heterocycles. The molecule has 0 aliphatic carbocycles. The fourth-order valence-electron chi connectivity index (χ4n) is 2.35. The van der Waals surface area contributed by atoms with Crippen molar-refractivity contribution in [2.75, 3.05) is 11.9 Å². The molecule has 1 aromatic heterocycles. The average Bonchev–Trinajstić information content (AvgIpc) is 3.07. The Kier molecular flexibility index (Phi) is 8.21. The standard InChI is InChI=1S/C18H26N4OS2/c1-4-9-15(14-10-7-6-8-11-14)20-16(23)13(3)24-18-22-21-17(25-18)19-12-5-2/h6-8,10-11,13,15H,4-5,9,12H2,1-3H3,(H,19,21)(H,20,23). The van der Waals surface area contributed by atoms with Gasteiger partial charge in [-0.3, -0.25) is 4.79 Å². The van der Waals surface area contributed by atoms with Crippen molar-refractivity contribution in [3.8, 4) is 0 Å². The van der Waals surface area contributed by atoms with Gasteiger partial charge in [0.1, 0.15) is 0 Å². The van der Waals surface area contributed by atoms with Gasteiger partial charge in [0.25, 0.3) is 0 Å². The number of amides is 1. The van der Waals surface area contributed by atoms with E-state index in [1.54, 1.807) is 0 Å². The molecule has 2 N–H and O–H groups in total. The molecule has 0 spiro atoms. The van der Waals surface area contributed by atoms with Gasteiger partial charge >= 0.3 is 0 Å². The maximum Gasteiger partial charge on any atom is 0.233 e. The maximum absolute atomic E-state index is 12.6. The van der Waals surface area contributed by atoms with Crippen LogP contribution in [0.3, 0.4) is 0 Å². The minimum absolute atomic E-state index is 0.0329. The van der Waals surface area contributed by atoms with Crippen molar-refractivity contribution in [2.24, 2.45) is 0 Å². The van der Waals surface area contributed by atoms with Crippen LogP contribution < -0.4 is 10.6 Å². The molecule has 25 heavy (non-hydrogen) atoms. The molecule has 0 aliphatic heterocycles. The summed E-state index contributed by atoms with van der Waals surface area (Å²) in [5.74, 6) is 0.0329. The number of nitrogens with zero attached hydrogens (tertiary/aromatic N) is 2. The van der Waals surface area contributed by atoms with E-state index < -0.39 is 0 Å². The number of carbonyl (C=O) groups is 1. The van der Waals surface area contributed by atoms with Gasteiger partial charge in [0, 0.05) is 6.54 Å². The fourth-order valence-corrected chi connectivity index (χ4v) is 4.28. The second-order valence-electron chi connectivity index (χ2n) is 5.82. The third-order valence-electron chi connectivity index (χ3n) is 3.68. The molecule has 7 heteroatoms. The monoisotopic (exact) mass is 378 g/mol. The summed E-state index contributed by atoms with van der Waals surface area (Å²) in [6.45, 7) is 7.03. The second-order valence-corrected chi connectivity index (χ2v) is 8.39. The lowest BCUT2D eigenvalue weighted by Crippen LogP contribution is -2.34. The summed E-state index contributed by atoms with van der Waals surface area (Å²) < 4.78 is 0.813. The van der Waals surface area contributed by atoms with Crippen LogP contribution in [0.15, 0.2) is 34.7 Å². The predicted octanol–water partition coefficient (Wildman–Crippen LogP) is 4.50. The Morgan fingerprint density at radius 3 is 2.64 bits per heavy atom. The molecule has 136 valence electrons. The first kappa shape index (κ1) is 19.7. The maximum atomic E-state index is 12.6. The van der Waals surface area contributed by atoms with E-state index in [0.29, 0.717) is 0 Å². The summed E-state index contributed by atoms with van der Waals surface area (Å²) in [6, 6.07) is 10.2. The van der Waals surface area contributed by atoms with Crippen LogP contribution in [0.1, 0.15) is 51.6 Å². The van der Waals surface area contributed by atoms with Crippen molar-refractivity contribution in [3.05, 3.63) is 35.9 Å². The van der Waals surface area contributed by atoms with Gasteiger partial charge in [0.2, 0.25) is 11.0 Å². The van der Waals surface area contributed by atoms with Crippen LogP contribution in [-0.4, -0.2) is 27.9 Å². The molecular formula is C18H26N4OS2. The highest BCUT2D eigenvalue weighted by Crippen LogP contribution is 2.29. The summed E-state index contributed by atoms with van der Waals surface area (Å²) in [5.41, 5.74) is 1.15. The highest BCUT2D eigenvalue weighted by Gasteiger charge is 2.21. The Balaban J connectivity index is 1.92. The molecule has 0 saturated carbocycles. The lowest BCUT2D eigenvalue weighted by molar-refractivity contribution is -0.121. The highest BCUT2D eigenvalue weighted by atomic mass is 32.2. The molecule has 5 nitrogen and oxygen atoms in total. The number of thioether (sulfide) groups is 1. The lowest BCUT2D eigenvalue weighted by atomic mass is 10.0. The minimum atomic E-state index is -0.213. The fraction of sp³-hybridized carbons (Fsp3) is 0.500. The molecule has 2 atom stereocenters. The highest BCUT2D eigenvalue weighted by molar-refractivity contribution is 8.02. The van der Waals surface area contributed by atoms with Crippen LogP contribution in [0.25, 0.3) is 0 Å². The zero-order valence-electron chi connectivity index (χ0n) is 15.0. The van der Waals surface area contributed by atoms with E-state index >= 15 is 0 Å². The largest absolute Gasteiger partial charge is 0.360 e. The number of anilines is 1. The van der Waals surface area contributed by atoms with Gasteiger partial charge in [0.05, 0.1) is 11.3 Å². The summed E-state index contributed by atoms with van der Waals surface area (Å²) in [6.07, 6.45) is 2.99. The van der Waals surface area contributed by atoms with E-state index in [1.807, 2.05) is 25.1 Å². The first-order chi connectivity index (χ1) is 12.1. The van der Waals surface area contributed by atoms with Gasteiger partial charge in [-0.1, -0.05) is 73.7 Å². The Bertz CT molecular complexity index is 648. The van der Waals surface area contributed by atoms with Crippen LogP contribution in [-0.2, 0) is 4.79 Å². The van der Waals surface area contributed by atoms with E-state index in [1.165, 1.54) is 23.1 Å². The van der Waals surface area contributed by atoms with Gasteiger partial charge < -0.3 is 10.6 Å². The summed E-state index contributed by atoms with van der Waals surface area (Å²) in [4.78, 5) is 12.6. The first-order valence-electron chi connectivity index (χ1n) is 8.73. The third-order valence-corrected chi connectivity index (χ3v) is 5.74. The number of nitrogens with one attached hydrogen (secondary N) is 2. The summed E-state index contributed by atoms with van der Waals surface area (Å²) >= 11 is 2.95. The predicted molar refractivity (Wildman–Crippen MR) is 106 cm³/mol.